The summed E-state index contributed by atoms with van der Waals surface area (Å²) in [6.07, 6.45) is 6.94. The van der Waals surface area contributed by atoms with Crippen LogP contribution < -0.4 is 0 Å². The number of esters is 1. The number of hydrogen-bond acceptors (Lipinski definition) is 4. The van der Waals surface area contributed by atoms with Crippen molar-refractivity contribution in [2.75, 3.05) is 26.3 Å². The van der Waals surface area contributed by atoms with Crippen LogP contribution in [0.4, 0.5) is 0 Å². The van der Waals surface area contributed by atoms with Crippen molar-refractivity contribution in [3.8, 4) is 0 Å². The van der Waals surface area contributed by atoms with E-state index in [4.69, 9.17) is 9.47 Å². The molecule has 0 unspecified atom stereocenters. The van der Waals surface area contributed by atoms with Crippen molar-refractivity contribution in [1.82, 2.24) is 4.90 Å². The molecule has 5 nitrogen and oxygen atoms in total. The van der Waals surface area contributed by atoms with Gasteiger partial charge in [0.15, 0.2) is 0 Å². The van der Waals surface area contributed by atoms with Crippen molar-refractivity contribution < 1.29 is 19.1 Å². The molecular formula is C19H25NO4. The van der Waals surface area contributed by atoms with Crippen molar-refractivity contribution in [2.24, 2.45) is 5.92 Å². The molecule has 0 spiro atoms. The summed E-state index contributed by atoms with van der Waals surface area (Å²) in [4.78, 5) is 26.5. The molecule has 1 amide bonds. The zero-order valence-electron chi connectivity index (χ0n) is 14.3. The van der Waals surface area contributed by atoms with Crippen molar-refractivity contribution in [1.29, 1.82) is 0 Å². The van der Waals surface area contributed by atoms with Crippen LogP contribution in [-0.4, -0.2) is 49.2 Å². The van der Waals surface area contributed by atoms with Crippen LogP contribution in [0.1, 0.15) is 32.6 Å². The maximum atomic E-state index is 12.8. The Bertz CT molecular complexity index is 598. The molecule has 2 atom stereocenters. The van der Waals surface area contributed by atoms with Gasteiger partial charge in [0.25, 0.3) is 0 Å². The summed E-state index contributed by atoms with van der Waals surface area (Å²) >= 11 is 0. The Labute approximate surface area is 143 Å². The van der Waals surface area contributed by atoms with E-state index in [0.29, 0.717) is 44.7 Å². The highest BCUT2D eigenvalue weighted by Crippen LogP contribution is 2.34. The van der Waals surface area contributed by atoms with E-state index in [2.05, 4.69) is 12.7 Å². The maximum absolute atomic E-state index is 12.8. The van der Waals surface area contributed by atoms with Crippen LogP contribution in [0.25, 0.3) is 0 Å². The molecule has 2 aliphatic heterocycles. The molecule has 0 aromatic heterocycles. The SMILES string of the molecule is C=C1C(=O)O[C@@H]2C=C(C)CCC=C(C(=O)N3CCOCC3)CC[C@@H]12. The van der Waals surface area contributed by atoms with Crippen LogP contribution in [-0.2, 0) is 19.1 Å². The number of fused-ring (bicyclic) bond motifs is 1. The molecule has 0 aromatic rings. The Morgan fingerprint density at radius 1 is 1.29 bits per heavy atom. The third-order valence-corrected chi connectivity index (χ3v) is 5.03. The molecule has 2 saturated heterocycles. The number of allylic oxidation sites excluding steroid dienone is 2. The quantitative estimate of drug-likeness (QED) is 0.421. The molecule has 24 heavy (non-hydrogen) atoms. The molecule has 0 aromatic carbocycles. The van der Waals surface area contributed by atoms with Crippen LogP contribution in [0.2, 0.25) is 0 Å². The number of nitrogens with zero attached hydrogens (tertiary/aromatic N) is 1. The normalized spacial score (nSPS) is 28.6. The first-order chi connectivity index (χ1) is 11.6. The van der Waals surface area contributed by atoms with Gasteiger partial charge >= 0.3 is 5.97 Å². The Morgan fingerprint density at radius 3 is 2.79 bits per heavy atom. The van der Waals surface area contributed by atoms with E-state index in [1.54, 1.807) is 0 Å². The Kier molecular flexibility index (Phi) is 5.19. The maximum Gasteiger partial charge on any atom is 0.334 e. The fourth-order valence-electron chi connectivity index (χ4n) is 3.53. The third kappa shape index (κ3) is 3.61. The van der Waals surface area contributed by atoms with Crippen LogP contribution in [0.3, 0.4) is 0 Å². The number of rotatable bonds is 1. The van der Waals surface area contributed by atoms with Gasteiger partial charge in [0.1, 0.15) is 6.10 Å². The number of ether oxygens (including phenoxy) is 2. The molecule has 2 heterocycles. The lowest BCUT2D eigenvalue weighted by Crippen LogP contribution is -2.41. The summed E-state index contributed by atoms with van der Waals surface area (Å²) in [6.45, 7) is 8.44. The molecule has 3 aliphatic rings. The molecule has 0 radical (unpaired) electrons. The van der Waals surface area contributed by atoms with Gasteiger partial charge in [0.05, 0.1) is 13.2 Å². The summed E-state index contributed by atoms with van der Waals surface area (Å²) in [7, 11) is 0. The minimum Gasteiger partial charge on any atom is -0.454 e. The van der Waals surface area contributed by atoms with Crippen LogP contribution in [0.15, 0.2) is 35.5 Å². The predicted octanol–water partition coefficient (Wildman–Crippen LogP) is 2.39. The van der Waals surface area contributed by atoms with Crippen LogP contribution >= 0.6 is 0 Å². The van der Waals surface area contributed by atoms with Gasteiger partial charge in [-0.1, -0.05) is 18.2 Å². The monoisotopic (exact) mass is 331 g/mol. The van der Waals surface area contributed by atoms with E-state index >= 15 is 0 Å². The number of hydrogen-bond donors (Lipinski definition) is 0. The highest BCUT2D eigenvalue weighted by Gasteiger charge is 2.37. The van der Waals surface area contributed by atoms with E-state index in [1.807, 2.05) is 17.9 Å². The smallest absolute Gasteiger partial charge is 0.334 e. The highest BCUT2D eigenvalue weighted by molar-refractivity contribution is 5.94. The molecule has 1 aliphatic carbocycles. The van der Waals surface area contributed by atoms with Gasteiger partial charge in [-0.05, 0) is 38.7 Å². The third-order valence-electron chi connectivity index (χ3n) is 5.03. The lowest BCUT2D eigenvalue weighted by atomic mass is 9.87. The van der Waals surface area contributed by atoms with Gasteiger partial charge in [-0.2, -0.15) is 0 Å². The van der Waals surface area contributed by atoms with Crippen molar-refractivity contribution in [2.45, 2.75) is 38.7 Å². The minimum absolute atomic E-state index is 0.0357. The fourth-order valence-corrected chi connectivity index (χ4v) is 3.53. The fraction of sp³-hybridized carbons (Fsp3) is 0.579. The summed E-state index contributed by atoms with van der Waals surface area (Å²) < 4.78 is 10.8. The Morgan fingerprint density at radius 2 is 2.04 bits per heavy atom. The number of carbonyl (C=O) groups is 2. The van der Waals surface area contributed by atoms with Crippen LogP contribution in [0, 0.1) is 5.92 Å². The molecule has 2 fully saturated rings. The number of morpholine rings is 1. The second-order valence-electron chi connectivity index (χ2n) is 6.73. The number of amides is 1. The van der Waals surface area contributed by atoms with Crippen molar-refractivity contribution in [3.05, 3.63) is 35.5 Å². The lowest BCUT2D eigenvalue weighted by Gasteiger charge is -2.28. The zero-order valence-corrected chi connectivity index (χ0v) is 14.3. The second-order valence-corrected chi connectivity index (χ2v) is 6.73. The average Bonchev–Trinajstić information content (AvgIpc) is 2.85. The molecule has 0 bridgehead atoms. The standard InChI is InChI=1S/C19H25NO4/c1-13-4-3-5-15(18(21)20-8-10-23-11-9-20)6-7-16-14(2)19(22)24-17(16)12-13/h5,12,16-17H,2-4,6-11H2,1H3/t16-,17+/m0/s1. The largest absolute Gasteiger partial charge is 0.454 e. The summed E-state index contributed by atoms with van der Waals surface area (Å²) in [5, 5.41) is 0. The van der Waals surface area contributed by atoms with E-state index < -0.39 is 0 Å². The Balaban J connectivity index is 1.77. The molecular weight excluding hydrogens is 306 g/mol. The van der Waals surface area contributed by atoms with Gasteiger partial charge in [0.2, 0.25) is 5.91 Å². The molecule has 130 valence electrons. The molecule has 5 heteroatoms. The summed E-state index contributed by atoms with van der Waals surface area (Å²) in [5.74, 6) is -0.238. The topological polar surface area (TPSA) is 55.8 Å². The first-order valence-electron chi connectivity index (χ1n) is 8.69. The van der Waals surface area contributed by atoms with Crippen LogP contribution in [0.5, 0.6) is 0 Å². The average molecular weight is 331 g/mol. The Hall–Kier alpha value is -1.88. The van der Waals surface area contributed by atoms with Gasteiger partial charge < -0.3 is 14.4 Å². The summed E-state index contributed by atoms with van der Waals surface area (Å²) in [6, 6.07) is 0. The highest BCUT2D eigenvalue weighted by atomic mass is 16.6. The minimum atomic E-state index is -0.307. The van der Waals surface area contributed by atoms with Crippen molar-refractivity contribution >= 4 is 11.9 Å². The second kappa shape index (κ2) is 7.34. The van der Waals surface area contributed by atoms with Gasteiger partial charge in [-0.3, -0.25) is 4.79 Å². The van der Waals surface area contributed by atoms with E-state index in [1.165, 1.54) is 5.57 Å². The number of carbonyl (C=O) groups excluding carboxylic acids is 2. The predicted molar refractivity (Wildman–Crippen MR) is 90.2 cm³/mol. The van der Waals surface area contributed by atoms with Gasteiger partial charge in [-0.25, -0.2) is 4.79 Å². The zero-order chi connectivity index (χ0) is 17.1. The molecule has 0 saturated carbocycles. The first kappa shape index (κ1) is 17.0. The van der Waals surface area contributed by atoms with E-state index in [-0.39, 0.29) is 23.9 Å². The van der Waals surface area contributed by atoms with E-state index in [0.717, 1.165) is 18.4 Å². The van der Waals surface area contributed by atoms with E-state index in [9.17, 15) is 9.59 Å². The summed E-state index contributed by atoms with van der Waals surface area (Å²) in [5.41, 5.74) is 2.56. The lowest BCUT2D eigenvalue weighted by molar-refractivity contribution is -0.137. The van der Waals surface area contributed by atoms with Crippen molar-refractivity contribution in [3.63, 3.8) is 0 Å². The molecule has 0 N–H and O–H groups in total. The first-order valence-corrected chi connectivity index (χ1v) is 8.69. The van der Waals surface area contributed by atoms with Gasteiger partial charge in [0, 0.05) is 30.2 Å². The van der Waals surface area contributed by atoms with Gasteiger partial charge in [-0.15, -0.1) is 0 Å². The molecule has 3 rings (SSSR count).